The number of carbonyl (C=O) groups is 2. The van der Waals surface area contributed by atoms with Crippen LogP contribution in [0.25, 0.3) is 0 Å². The Morgan fingerprint density at radius 1 is 0.900 bits per heavy atom. The third kappa shape index (κ3) is 6.08. The van der Waals surface area contributed by atoms with E-state index in [1.165, 1.54) is 6.08 Å². The summed E-state index contributed by atoms with van der Waals surface area (Å²) < 4.78 is 5.24. The van der Waals surface area contributed by atoms with Crippen LogP contribution in [0.3, 0.4) is 0 Å². The van der Waals surface area contributed by atoms with Crippen molar-refractivity contribution >= 4 is 12.0 Å². The lowest BCUT2D eigenvalue weighted by atomic mass is 9.82. The molecule has 0 aliphatic heterocycles. The summed E-state index contributed by atoms with van der Waals surface area (Å²) in [4.78, 5) is 23.6. The van der Waals surface area contributed by atoms with E-state index in [0.717, 1.165) is 0 Å². The molecule has 0 saturated heterocycles. The van der Waals surface area contributed by atoms with Crippen molar-refractivity contribution in [3.63, 3.8) is 0 Å². The van der Waals surface area contributed by atoms with Crippen LogP contribution in [0.1, 0.15) is 55.4 Å². The molecule has 5 nitrogen and oxygen atoms in total. The first-order chi connectivity index (χ1) is 8.81. The van der Waals surface area contributed by atoms with Gasteiger partial charge in [-0.25, -0.2) is 4.79 Å². The zero-order valence-corrected chi connectivity index (χ0v) is 13.9. The highest BCUT2D eigenvalue weighted by molar-refractivity contribution is 5.88. The van der Waals surface area contributed by atoms with Gasteiger partial charge < -0.3 is 15.4 Å². The first kappa shape index (κ1) is 18.5. The molecule has 0 atom stereocenters. The summed E-state index contributed by atoms with van der Waals surface area (Å²) in [7, 11) is 0. The second-order valence-corrected chi connectivity index (χ2v) is 6.87. The van der Waals surface area contributed by atoms with Gasteiger partial charge in [-0.2, -0.15) is 0 Å². The number of hydrogen-bond acceptors (Lipinski definition) is 3. The summed E-state index contributed by atoms with van der Waals surface area (Å²) in [5.41, 5.74) is -1.87. The monoisotopic (exact) mass is 284 g/mol. The maximum atomic E-state index is 11.9. The number of alkyl carbamates (subject to hydrolysis) is 1. The number of hydrogen-bond donors (Lipinski definition) is 2. The maximum absolute atomic E-state index is 11.9. The van der Waals surface area contributed by atoms with Crippen molar-refractivity contribution < 1.29 is 14.3 Å². The Bertz CT molecular complexity index is 390. The molecule has 0 aromatic carbocycles. The SMILES string of the molecule is C/C=C/C(=O)NC(C)(C)C(C)(C)NC(=O)OC(C)(C)C. The Balaban J connectivity index is 4.84. The van der Waals surface area contributed by atoms with E-state index in [1.807, 2.05) is 27.7 Å². The summed E-state index contributed by atoms with van der Waals surface area (Å²) in [5, 5.41) is 5.67. The summed E-state index contributed by atoms with van der Waals surface area (Å²) in [6.45, 7) is 14.6. The van der Waals surface area contributed by atoms with Crippen LogP contribution in [0.5, 0.6) is 0 Å². The van der Waals surface area contributed by atoms with Crippen LogP contribution in [-0.4, -0.2) is 28.7 Å². The second kappa shape index (κ2) is 6.29. The van der Waals surface area contributed by atoms with E-state index in [9.17, 15) is 9.59 Å². The molecule has 0 saturated carbocycles. The minimum absolute atomic E-state index is 0.198. The molecule has 0 aliphatic rings. The molecule has 0 radical (unpaired) electrons. The van der Waals surface area contributed by atoms with Crippen LogP contribution in [0.4, 0.5) is 4.79 Å². The van der Waals surface area contributed by atoms with E-state index in [1.54, 1.807) is 33.8 Å². The molecule has 0 bridgehead atoms. The van der Waals surface area contributed by atoms with Gasteiger partial charge in [0, 0.05) is 0 Å². The van der Waals surface area contributed by atoms with Crippen LogP contribution < -0.4 is 10.6 Å². The number of ether oxygens (including phenoxy) is 1. The normalized spacial score (nSPS) is 13.2. The predicted octanol–water partition coefficient (Wildman–Crippen LogP) is 2.76. The minimum atomic E-state index is -0.674. The van der Waals surface area contributed by atoms with Crippen molar-refractivity contribution in [3.8, 4) is 0 Å². The van der Waals surface area contributed by atoms with Gasteiger partial charge in [-0.15, -0.1) is 0 Å². The van der Waals surface area contributed by atoms with Gasteiger partial charge in [0.25, 0.3) is 0 Å². The highest BCUT2D eigenvalue weighted by Crippen LogP contribution is 2.22. The van der Waals surface area contributed by atoms with Crippen molar-refractivity contribution in [3.05, 3.63) is 12.2 Å². The molecule has 0 rings (SSSR count). The average Bonchev–Trinajstić information content (AvgIpc) is 2.11. The molecule has 20 heavy (non-hydrogen) atoms. The third-order valence-corrected chi connectivity index (χ3v) is 3.13. The van der Waals surface area contributed by atoms with Gasteiger partial charge in [-0.05, 0) is 61.5 Å². The second-order valence-electron chi connectivity index (χ2n) is 6.87. The van der Waals surface area contributed by atoms with Crippen molar-refractivity contribution in [1.29, 1.82) is 0 Å². The molecular formula is C15H28N2O3. The molecular weight excluding hydrogens is 256 g/mol. The Hall–Kier alpha value is -1.52. The van der Waals surface area contributed by atoms with Gasteiger partial charge in [-0.1, -0.05) is 6.08 Å². The Labute approximate surface area is 122 Å². The van der Waals surface area contributed by atoms with E-state index in [4.69, 9.17) is 4.74 Å². The van der Waals surface area contributed by atoms with Gasteiger partial charge in [0.2, 0.25) is 5.91 Å². The Morgan fingerprint density at radius 2 is 1.35 bits per heavy atom. The highest BCUT2D eigenvalue weighted by Gasteiger charge is 2.40. The van der Waals surface area contributed by atoms with Crippen LogP contribution in [0.2, 0.25) is 0 Å². The zero-order valence-electron chi connectivity index (χ0n) is 13.9. The van der Waals surface area contributed by atoms with Crippen LogP contribution in [0, 0.1) is 0 Å². The number of allylic oxidation sites excluding steroid dienone is 1. The van der Waals surface area contributed by atoms with E-state index in [-0.39, 0.29) is 5.91 Å². The minimum Gasteiger partial charge on any atom is -0.444 e. The van der Waals surface area contributed by atoms with E-state index >= 15 is 0 Å². The maximum Gasteiger partial charge on any atom is 0.408 e. The smallest absolute Gasteiger partial charge is 0.408 e. The lowest BCUT2D eigenvalue weighted by Gasteiger charge is -2.42. The summed E-state index contributed by atoms with van der Waals surface area (Å²) in [6.07, 6.45) is 2.61. The average molecular weight is 284 g/mol. The molecule has 0 spiro atoms. The van der Waals surface area contributed by atoms with Gasteiger partial charge in [0.05, 0.1) is 11.1 Å². The van der Waals surface area contributed by atoms with E-state index < -0.39 is 22.8 Å². The number of amides is 2. The molecule has 0 aromatic rings. The van der Waals surface area contributed by atoms with Gasteiger partial charge >= 0.3 is 6.09 Å². The first-order valence-corrected chi connectivity index (χ1v) is 6.77. The molecule has 2 amide bonds. The van der Waals surface area contributed by atoms with Crippen molar-refractivity contribution in [2.75, 3.05) is 0 Å². The molecule has 2 N–H and O–H groups in total. The van der Waals surface area contributed by atoms with Gasteiger partial charge in [0.15, 0.2) is 0 Å². The summed E-state index contributed by atoms with van der Waals surface area (Å²) in [6, 6.07) is 0. The number of nitrogens with one attached hydrogen (secondary N) is 2. The first-order valence-electron chi connectivity index (χ1n) is 6.77. The number of carbonyl (C=O) groups excluding carboxylic acids is 2. The van der Waals surface area contributed by atoms with E-state index in [2.05, 4.69) is 10.6 Å². The fraction of sp³-hybridized carbons (Fsp3) is 0.733. The van der Waals surface area contributed by atoms with Crippen LogP contribution >= 0.6 is 0 Å². The largest absolute Gasteiger partial charge is 0.444 e. The van der Waals surface area contributed by atoms with Crippen molar-refractivity contribution in [2.24, 2.45) is 0 Å². The highest BCUT2D eigenvalue weighted by atomic mass is 16.6. The van der Waals surface area contributed by atoms with Gasteiger partial charge in [0.1, 0.15) is 5.60 Å². The van der Waals surface area contributed by atoms with Crippen LogP contribution in [0.15, 0.2) is 12.2 Å². The molecule has 116 valence electrons. The lowest BCUT2D eigenvalue weighted by molar-refractivity contribution is -0.118. The van der Waals surface area contributed by atoms with Crippen LogP contribution in [-0.2, 0) is 9.53 Å². The molecule has 0 unspecified atom stereocenters. The molecule has 5 heteroatoms. The molecule has 0 fully saturated rings. The molecule has 0 aliphatic carbocycles. The van der Waals surface area contributed by atoms with Crippen molar-refractivity contribution in [1.82, 2.24) is 10.6 Å². The zero-order chi connectivity index (χ0) is 16.2. The Morgan fingerprint density at radius 3 is 1.75 bits per heavy atom. The summed E-state index contributed by atoms with van der Waals surface area (Å²) >= 11 is 0. The quantitative estimate of drug-likeness (QED) is 0.780. The Kier molecular flexibility index (Phi) is 5.81. The molecule has 0 aromatic heterocycles. The molecule has 0 heterocycles. The van der Waals surface area contributed by atoms with E-state index in [0.29, 0.717) is 0 Å². The fourth-order valence-corrected chi connectivity index (χ4v) is 1.37. The topological polar surface area (TPSA) is 67.4 Å². The standard InChI is InChI=1S/C15H28N2O3/c1-9-10-11(18)16-14(5,6)15(7,8)17-12(19)20-13(2,3)4/h9-10H,1-8H3,(H,16,18)(H,17,19)/b10-9+. The lowest BCUT2D eigenvalue weighted by Crippen LogP contribution is -2.65. The third-order valence-electron chi connectivity index (χ3n) is 3.13. The predicted molar refractivity (Wildman–Crippen MR) is 80.5 cm³/mol. The van der Waals surface area contributed by atoms with Gasteiger partial charge in [-0.3, -0.25) is 4.79 Å². The fourth-order valence-electron chi connectivity index (χ4n) is 1.37. The summed E-state index contributed by atoms with van der Waals surface area (Å²) in [5.74, 6) is -0.198. The number of rotatable bonds is 4. The van der Waals surface area contributed by atoms with Crippen molar-refractivity contribution in [2.45, 2.75) is 72.1 Å².